The molecule has 0 aromatic heterocycles. The number of carbonyl (C=O) groups is 1. The molecule has 2 heteroatoms. The number of aryl methyl sites for hydroxylation is 2. The summed E-state index contributed by atoms with van der Waals surface area (Å²) in [6.45, 7) is 5.68. The third-order valence-electron chi connectivity index (χ3n) is 3.15. The molecule has 0 aliphatic rings. The summed E-state index contributed by atoms with van der Waals surface area (Å²) in [5, 5.41) is 2.27. The van der Waals surface area contributed by atoms with Crippen molar-refractivity contribution in [3.05, 3.63) is 41.0 Å². The molecule has 0 amide bonds. The van der Waals surface area contributed by atoms with Gasteiger partial charge in [-0.2, -0.15) is 0 Å². The fourth-order valence-corrected chi connectivity index (χ4v) is 2.11. The van der Waals surface area contributed by atoms with Gasteiger partial charge in [0.05, 0.1) is 12.7 Å². The van der Waals surface area contributed by atoms with E-state index in [9.17, 15) is 4.79 Å². The average molecular weight is 228 g/mol. The maximum atomic E-state index is 11.6. The van der Waals surface area contributed by atoms with E-state index in [1.165, 1.54) is 11.1 Å². The van der Waals surface area contributed by atoms with Gasteiger partial charge in [-0.05, 0) is 54.8 Å². The highest BCUT2D eigenvalue weighted by atomic mass is 16.5. The molecule has 2 aromatic carbocycles. The Morgan fingerprint density at radius 1 is 1.06 bits per heavy atom. The van der Waals surface area contributed by atoms with Crippen molar-refractivity contribution in [2.45, 2.75) is 20.8 Å². The quantitative estimate of drug-likeness (QED) is 0.733. The van der Waals surface area contributed by atoms with Crippen LogP contribution in [0.5, 0.6) is 5.75 Å². The first-order chi connectivity index (χ1) is 8.04. The van der Waals surface area contributed by atoms with E-state index in [0.717, 1.165) is 10.8 Å². The lowest BCUT2D eigenvalue weighted by atomic mass is 9.97. The van der Waals surface area contributed by atoms with E-state index in [-0.39, 0.29) is 5.78 Å². The Morgan fingerprint density at radius 2 is 1.59 bits per heavy atom. The number of carbonyl (C=O) groups excluding carboxylic acids is 1. The van der Waals surface area contributed by atoms with Gasteiger partial charge in [0.2, 0.25) is 0 Å². The van der Waals surface area contributed by atoms with Gasteiger partial charge >= 0.3 is 0 Å². The molecule has 0 saturated heterocycles. The molecule has 0 saturated carbocycles. The molecule has 0 heterocycles. The van der Waals surface area contributed by atoms with Crippen LogP contribution in [0.25, 0.3) is 10.8 Å². The van der Waals surface area contributed by atoms with Gasteiger partial charge in [-0.1, -0.05) is 12.1 Å². The lowest BCUT2D eigenvalue weighted by Crippen LogP contribution is -1.98. The zero-order chi connectivity index (χ0) is 12.6. The lowest BCUT2D eigenvalue weighted by Gasteiger charge is -2.11. The minimum absolute atomic E-state index is 0.0321. The zero-order valence-electron chi connectivity index (χ0n) is 10.6. The number of fused-ring (bicyclic) bond motifs is 1. The Bertz CT molecular complexity index is 597. The lowest BCUT2D eigenvalue weighted by molar-refractivity contribution is 0.101. The number of methoxy groups -OCH3 is 1. The predicted molar refractivity (Wildman–Crippen MR) is 70.0 cm³/mol. The van der Waals surface area contributed by atoms with Crippen molar-refractivity contribution in [2.75, 3.05) is 7.11 Å². The second-order valence-electron chi connectivity index (χ2n) is 4.35. The highest BCUT2D eigenvalue weighted by Crippen LogP contribution is 2.30. The topological polar surface area (TPSA) is 26.3 Å². The van der Waals surface area contributed by atoms with Crippen LogP contribution in [0.15, 0.2) is 24.3 Å². The average Bonchev–Trinajstić information content (AvgIpc) is 2.32. The molecule has 88 valence electrons. The van der Waals surface area contributed by atoms with Crippen molar-refractivity contribution in [2.24, 2.45) is 0 Å². The summed E-state index contributed by atoms with van der Waals surface area (Å²) < 4.78 is 5.29. The molecule has 0 atom stereocenters. The summed E-state index contributed by atoms with van der Waals surface area (Å²) in [5.74, 6) is 0.684. The van der Waals surface area contributed by atoms with Gasteiger partial charge in [0.25, 0.3) is 0 Å². The molecule has 2 aromatic rings. The molecule has 0 fully saturated rings. The number of ketones is 1. The third-order valence-corrected chi connectivity index (χ3v) is 3.15. The molecule has 0 aliphatic carbocycles. The first kappa shape index (κ1) is 11.6. The van der Waals surface area contributed by atoms with Crippen LogP contribution in [0.2, 0.25) is 0 Å². The van der Waals surface area contributed by atoms with Gasteiger partial charge in [0, 0.05) is 0 Å². The van der Waals surface area contributed by atoms with Crippen LogP contribution < -0.4 is 4.74 Å². The van der Waals surface area contributed by atoms with Gasteiger partial charge in [-0.15, -0.1) is 0 Å². The summed E-state index contributed by atoms with van der Waals surface area (Å²) in [6.07, 6.45) is 0. The van der Waals surface area contributed by atoms with Crippen LogP contribution in [0.1, 0.15) is 28.4 Å². The largest absolute Gasteiger partial charge is 0.496 e. The van der Waals surface area contributed by atoms with Crippen LogP contribution in [0, 0.1) is 13.8 Å². The van der Waals surface area contributed by atoms with Crippen molar-refractivity contribution < 1.29 is 9.53 Å². The van der Waals surface area contributed by atoms with E-state index in [4.69, 9.17) is 4.74 Å². The molecule has 0 radical (unpaired) electrons. The SMILES string of the molecule is COc1cc2c(C)ccc(C)c2cc1C(C)=O. The maximum Gasteiger partial charge on any atom is 0.163 e. The first-order valence-corrected chi connectivity index (χ1v) is 5.63. The molecule has 0 unspecified atom stereocenters. The van der Waals surface area contributed by atoms with E-state index >= 15 is 0 Å². The van der Waals surface area contributed by atoms with Crippen molar-refractivity contribution in [3.8, 4) is 5.75 Å². The second kappa shape index (κ2) is 4.21. The predicted octanol–water partition coefficient (Wildman–Crippen LogP) is 3.67. The van der Waals surface area contributed by atoms with Gasteiger partial charge in [0.1, 0.15) is 5.75 Å². The number of hydrogen-bond donors (Lipinski definition) is 0. The Labute approximate surface area is 101 Å². The number of benzene rings is 2. The Kier molecular flexibility index (Phi) is 2.88. The van der Waals surface area contributed by atoms with E-state index in [1.807, 2.05) is 12.1 Å². The summed E-state index contributed by atoms with van der Waals surface area (Å²) in [5.41, 5.74) is 3.02. The Balaban J connectivity index is 2.87. The Morgan fingerprint density at radius 3 is 2.06 bits per heavy atom. The van der Waals surface area contributed by atoms with Crippen LogP contribution in [-0.2, 0) is 0 Å². The molecule has 0 spiro atoms. The van der Waals surface area contributed by atoms with Crippen molar-refractivity contribution in [1.82, 2.24) is 0 Å². The van der Waals surface area contributed by atoms with Gasteiger partial charge < -0.3 is 4.74 Å². The number of Topliss-reactive ketones (excluding diaryl/α,β-unsaturated/α-hetero) is 1. The fourth-order valence-electron chi connectivity index (χ4n) is 2.11. The maximum absolute atomic E-state index is 11.6. The molecule has 0 bridgehead atoms. The molecular formula is C15H16O2. The summed E-state index contributed by atoms with van der Waals surface area (Å²) >= 11 is 0. The number of hydrogen-bond acceptors (Lipinski definition) is 2. The number of rotatable bonds is 2. The molecule has 0 aliphatic heterocycles. The van der Waals surface area contributed by atoms with Crippen LogP contribution in [-0.4, -0.2) is 12.9 Å². The van der Waals surface area contributed by atoms with Crippen LogP contribution >= 0.6 is 0 Å². The van der Waals surface area contributed by atoms with Gasteiger partial charge in [0.15, 0.2) is 5.78 Å². The smallest absolute Gasteiger partial charge is 0.163 e. The van der Waals surface area contributed by atoms with E-state index < -0.39 is 0 Å². The van der Waals surface area contributed by atoms with Crippen molar-refractivity contribution >= 4 is 16.6 Å². The Hall–Kier alpha value is -1.83. The van der Waals surface area contributed by atoms with E-state index in [2.05, 4.69) is 26.0 Å². The highest BCUT2D eigenvalue weighted by molar-refractivity contribution is 6.02. The van der Waals surface area contributed by atoms with Crippen molar-refractivity contribution in [1.29, 1.82) is 0 Å². The monoisotopic (exact) mass is 228 g/mol. The minimum Gasteiger partial charge on any atom is -0.496 e. The van der Waals surface area contributed by atoms with Gasteiger partial charge in [-0.3, -0.25) is 4.79 Å². The molecule has 2 rings (SSSR count). The fraction of sp³-hybridized carbons (Fsp3) is 0.267. The summed E-state index contributed by atoms with van der Waals surface area (Å²) in [6, 6.07) is 8.05. The van der Waals surface area contributed by atoms with E-state index in [1.54, 1.807) is 14.0 Å². The molecule has 0 N–H and O–H groups in total. The minimum atomic E-state index is 0.0321. The normalized spacial score (nSPS) is 10.6. The van der Waals surface area contributed by atoms with Crippen LogP contribution in [0.3, 0.4) is 0 Å². The standard InChI is InChI=1S/C15H16O2/c1-9-5-6-10(2)13-8-15(17-4)14(11(3)16)7-12(9)13/h5-8H,1-4H3. The first-order valence-electron chi connectivity index (χ1n) is 5.63. The molecule has 2 nitrogen and oxygen atoms in total. The summed E-state index contributed by atoms with van der Waals surface area (Å²) in [4.78, 5) is 11.6. The third kappa shape index (κ3) is 1.91. The highest BCUT2D eigenvalue weighted by Gasteiger charge is 2.11. The number of ether oxygens (including phenoxy) is 1. The summed E-state index contributed by atoms with van der Waals surface area (Å²) in [7, 11) is 1.60. The van der Waals surface area contributed by atoms with E-state index in [0.29, 0.717) is 11.3 Å². The van der Waals surface area contributed by atoms with Crippen LogP contribution in [0.4, 0.5) is 0 Å². The van der Waals surface area contributed by atoms with Gasteiger partial charge in [-0.25, -0.2) is 0 Å². The molecule has 17 heavy (non-hydrogen) atoms. The zero-order valence-corrected chi connectivity index (χ0v) is 10.6. The van der Waals surface area contributed by atoms with Crippen molar-refractivity contribution in [3.63, 3.8) is 0 Å². The molecular weight excluding hydrogens is 212 g/mol. The second-order valence-corrected chi connectivity index (χ2v) is 4.35.